The molecule has 7 nitrogen and oxygen atoms in total. The number of ether oxygens (including phenoxy) is 1. The second kappa shape index (κ2) is 7.46. The average molecular weight is 256 g/mol. The summed E-state index contributed by atoms with van der Waals surface area (Å²) in [5.74, 6) is -0.744. The lowest BCUT2D eigenvalue weighted by Crippen LogP contribution is -2.45. The highest BCUT2D eigenvalue weighted by Crippen LogP contribution is 1.98. The number of carbonyl (C=O) groups excluding carboxylic acids is 2. The van der Waals surface area contributed by atoms with Crippen molar-refractivity contribution in [2.75, 3.05) is 26.9 Å². The molecule has 1 unspecified atom stereocenters. The minimum atomic E-state index is -0.483. The van der Waals surface area contributed by atoms with Crippen molar-refractivity contribution in [3.05, 3.63) is 24.2 Å². The van der Waals surface area contributed by atoms with E-state index in [0.29, 0.717) is 0 Å². The van der Waals surface area contributed by atoms with Crippen LogP contribution < -0.4 is 10.6 Å². The third-order valence-corrected chi connectivity index (χ3v) is 2.11. The van der Waals surface area contributed by atoms with E-state index in [1.807, 2.05) is 0 Å². The standard InChI is InChI=1S/C11H16N2O5/c1-17-7-8(6-14)13-10(15)5-12-11(16)9-3-2-4-18-9/h2-4,8,14H,5-7H2,1H3,(H,12,16)(H,13,15). The summed E-state index contributed by atoms with van der Waals surface area (Å²) in [6.07, 6.45) is 1.37. The number of hydrogen-bond donors (Lipinski definition) is 3. The summed E-state index contributed by atoms with van der Waals surface area (Å²) in [6.45, 7) is -0.222. The van der Waals surface area contributed by atoms with Crippen molar-refractivity contribution in [3.8, 4) is 0 Å². The molecule has 1 atom stereocenters. The summed E-state index contributed by atoms with van der Waals surface area (Å²) < 4.78 is 9.67. The molecule has 1 aromatic rings. The third-order valence-electron chi connectivity index (χ3n) is 2.11. The van der Waals surface area contributed by atoms with E-state index in [-0.39, 0.29) is 25.5 Å². The van der Waals surface area contributed by atoms with Gasteiger partial charge < -0.3 is 24.9 Å². The Balaban J connectivity index is 2.30. The fourth-order valence-corrected chi connectivity index (χ4v) is 1.28. The SMILES string of the molecule is COCC(CO)NC(=O)CNC(=O)c1ccco1. The van der Waals surface area contributed by atoms with Crippen LogP contribution >= 0.6 is 0 Å². The van der Waals surface area contributed by atoms with Gasteiger partial charge in [-0.3, -0.25) is 9.59 Å². The number of carbonyl (C=O) groups is 2. The van der Waals surface area contributed by atoms with Crippen LogP contribution in [0.5, 0.6) is 0 Å². The molecular weight excluding hydrogens is 240 g/mol. The van der Waals surface area contributed by atoms with E-state index in [0.717, 1.165) is 0 Å². The van der Waals surface area contributed by atoms with Crippen LogP contribution in [0.3, 0.4) is 0 Å². The van der Waals surface area contributed by atoms with Crippen molar-refractivity contribution < 1.29 is 23.8 Å². The first-order valence-electron chi connectivity index (χ1n) is 5.38. The molecule has 2 amide bonds. The molecule has 0 spiro atoms. The quantitative estimate of drug-likeness (QED) is 0.589. The normalized spacial score (nSPS) is 11.9. The fraction of sp³-hybridized carbons (Fsp3) is 0.455. The van der Waals surface area contributed by atoms with Crippen molar-refractivity contribution in [1.82, 2.24) is 10.6 Å². The van der Waals surface area contributed by atoms with Crippen LogP contribution in [0.15, 0.2) is 22.8 Å². The van der Waals surface area contributed by atoms with Gasteiger partial charge in [0.05, 0.1) is 32.1 Å². The van der Waals surface area contributed by atoms with Gasteiger partial charge in [0.1, 0.15) is 0 Å². The van der Waals surface area contributed by atoms with E-state index in [2.05, 4.69) is 10.6 Å². The van der Waals surface area contributed by atoms with E-state index >= 15 is 0 Å². The Bertz CT molecular complexity index is 377. The van der Waals surface area contributed by atoms with E-state index in [4.69, 9.17) is 14.3 Å². The van der Waals surface area contributed by atoms with Crippen LogP contribution in [-0.2, 0) is 9.53 Å². The number of amides is 2. The zero-order valence-electron chi connectivity index (χ0n) is 10.0. The van der Waals surface area contributed by atoms with Gasteiger partial charge in [-0.05, 0) is 12.1 Å². The Kier molecular flexibility index (Phi) is 5.89. The van der Waals surface area contributed by atoms with Crippen molar-refractivity contribution in [2.24, 2.45) is 0 Å². The van der Waals surface area contributed by atoms with Gasteiger partial charge in [0.25, 0.3) is 5.91 Å². The molecule has 0 saturated heterocycles. The number of nitrogens with one attached hydrogen (secondary N) is 2. The van der Waals surface area contributed by atoms with E-state index in [1.165, 1.54) is 19.4 Å². The van der Waals surface area contributed by atoms with Gasteiger partial charge in [-0.2, -0.15) is 0 Å². The third kappa shape index (κ3) is 4.56. The summed E-state index contributed by atoms with van der Waals surface area (Å²) in [5, 5.41) is 13.8. The molecule has 18 heavy (non-hydrogen) atoms. The van der Waals surface area contributed by atoms with E-state index < -0.39 is 17.9 Å². The molecule has 7 heteroatoms. The maximum absolute atomic E-state index is 11.4. The Labute approximate surface area is 104 Å². The van der Waals surface area contributed by atoms with Gasteiger partial charge in [0.2, 0.25) is 5.91 Å². The van der Waals surface area contributed by atoms with E-state index in [9.17, 15) is 9.59 Å². The second-order valence-electron chi connectivity index (χ2n) is 3.56. The Morgan fingerprint density at radius 1 is 1.56 bits per heavy atom. The molecular formula is C11H16N2O5. The van der Waals surface area contributed by atoms with Crippen LogP contribution in [-0.4, -0.2) is 49.8 Å². The van der Waals surface area contributed by atoms with Gasteiger partial charge in [0, 0.05) is 7.11 Å². The van der Waals surface area contributed by atoms with Crippen LogP contribution in [0.4, 0.5) is 0 Å². The van der Waals surface area contributed by atoms with Gasteiger partial charge >= 0.3 is 0 Å². The molecule has 0 radical (unpaired) electrons. The fourth-order valence-electron chi connectivity index (χ4n) is 1.28. The first-order valence-corrected chi connectivity index (χ1v) is 5.38. The maximum Gasteiger partial charge on any atom is 0.287 e. The van der Waals surface area contributed by atoms with Crippen LogP contribution in [0.1, 0.15) is 10.6 Å². The Hall–Kier alpha value is -1.86. The highest BCUT2D eigenvalue weighted by atomic mass is 16.5. The molecule has 0 bridgehead atoms. The molecule has 1 rings (SSSR count). The van der Waals surface area contributed by atoms with Gasteiger partial charge in [-0.25, -0.2) is 0 Å². The topological polar surface area (TPSA) is 101 Å². The van der Waals surface area contributed by atoms with E-state index in [1.54, 1.807) is 6.07 Å². The number of rotatable bonds is 7. The maximum atomic E-state index is 11.4. The largest absolute Gasteiger partial charge is 0.459 e. The number of hydrogen-bond acceptors (Lipinski definition) is 5. The lowest BCUT2D eigenvalue weighted by atomic mass is 10.3. The Morgan fingerprint density at radius 2 is 2.33 bits per heavy atom. The molecule has 100 valence electrons. The predicted octanol–water partition coefficient (Wildman–Crippen LogP) is -0.867. The predicted molar refractivity (Wildman–Crippen MR) is 61.9 cm³/mol. The lowest BCUT2D eigenvalue weighted by Gasteiger charge is -2.15. The minimum Gasteiger partial charge on any atom is -0.459 e. The van der Waals surface area contributed by atoms with Crippen LogP contribution in [0, 0.1) is 0 Å². The van der Waals surface area contributed by atoms with Gasteiger partial charge in [-0.1, -0.05) is 0 Å². The molecule has 1 heterocycles. The monoisotopic (exact) mass is 256 g/mol. The smallest absolute Gasteiger partial charge is 0.287 e. The highest BCUT2D eigenvalue weighted by Gasteiger charge is 2.13. The number of aliphatic hydroxyl groups is 1. The van der Waals surface area contributed by atoms with Crippen LogP contribution in [0.25, 0.3) is 0 Å². The second-order valence-corrected chi connectivity index (χ2v) is 3.56. The molecule has 0 aromatic carbocycles. The first kappa shape index (κ1) is 14.2. The lowest BCUT2D eigenvalue weighted by molar-refractivity contribution is -0.121. The Morgan fingerprint density at radius 3 is 2.89 bits per heavy atom. The van der Waals surface area contributed by atoms with Crippen molar-refractivity contribution in [1.29, 1.82) is 0 Å². The summed E-state index contributed by atoms with van der Waals surface area (Å²) >= 11 is 0. The van der Waals surface area contributed by atoms with Gasteiger partial charge in [-0.15, -0.1) is 0 Å². The first-order chi connectivity index (χ1) is 8.67. The summed E-state index contributed by atoms with van der Waals surface area (Å²) in [5.41, 5.74) is 0. The zero-order chi connectivity index (χ0) is 13.4. The number of furan rings is 1. The summed E-state index contributed by atoms with van der Waals surface area (Å²) in [7, 11) is 1.47. The minimum absolute atomic E-state index is 0.137. The number of aliphatic hydroxyl groups excluding tert-OH is 1. The van der Waals surface area contributed by atoms with Crippen molar-refractivity contribution >= 4 is 11.8 Å². The van der Waals surface area contributed by atoms with Crippen LogP contribution in [0.2, 0.25) is 0 Å². The average Bonchev–Trinajstić information content (AvgIpc) is 2.89. The molecule has 0 aliphatic rings. The van der Waals surface area contributed by atoms with Gasteiger partial charge in [0.15, 0.2) is 5.76 Å². The summed E-state index contributed by atoms with van der Waals surface area (Å²) in [4.78, 5) is 22.9. The van der Waals surface area contributed by atoms with Crippen molar-refractivity contribution in [3.63, 3.8) is 0 Å². The molecule has 0 saturated carbocycles. The summed E-state index contributed by atoms with van der Waals surface area (Å²) in [6, 6.07) is 2.59. The zero-order valence-corrected chi connectivity index (χ0v) is 10.0. The molecule has 0 aliphatic heterocycles. The van der Waals surface area contributed by atoms with Crippen molar-refractivity contribution in [2.45, 2.75) is 6.04 Å². The molecule has 0 fully saturated rings. The highest BCUT2D eigenvalue weighted by molar-refractivity contribution is 5.94. The molecule has 3 N–H and O–H groups in total. The molecule has 0 aliphatic carbocycles. The number of methoxy groups -OCH3 is 1. The molecule has 1 aromatic heterocycles.